The molecule has 5 rings (SSSR count). The number of fused-ring (bicyclic) bond motifs is 1. The summed E-state index contributed by atoms with van der Waals surface area (Å²) in [4.78, 5) is 14.8. The van der Waals surface area contributed by atoms with Gasteiger partial charge in [0, 0.05) is 37.3 Å². The molecule has 2 aromatic heterocycles. The molecule has 0 saturated carbocycles. The predicted octanol–water partition coefficient (Wildman–Crippen LogP) is 3.04. The van der Waals surface area contributed by atoms with Crippen LogP contribution in [0.25, 0.3) is 11.3 Å². The van der Waals surface area contributed by atoms with Gasteiger partial charge in [0.25, 0.3) is 5.91 Å². The van der Waals surface area contributed by atoms with Gasteiger partial charge >= 0.3 is 0 Å². The van der Waals surface area contributed by atoms with Crippen LogP contribution in [-0.2, 0) is 11.3 Å². The molecule has 2 aliphatic rings. The molecule has 8 nitrogen and oxygen atoms in total. The second kappa shape index (κ2) is 7.44. The van der Waals surface area contributed by atoms with Gasteiger partial charge in [-0.25, -0.2) is 0 Å². The lowest BCUT2D eigenvalue weighted by Gasteiger charge is -2.33. The first-order valence-corrected chi connectivity index (χ1v) is 10.0. The highest BCUT2D eigenvalue weighted by molar-refractivity contribution is 5.93. The number of hydrogen-bond acceptors (Lipinski definition) is 6. The van der Waals surface area contributed by atoms with E-state index in [0.29, 0.717) is 30.5 Å². The molecule has 8 heteroatoms. The third-order valence-electron chi connectivity index (χ3n) is 5.71. The van der Waals surface area contributed by atoms with Crippen molar-refractivity contribution in [2.45, 2.75) is 38.3 Å². The Morgan fingerprint density at radius 3 is 2.72 bits per heavy atom. The van der Waals surface area contributed by atoms with Crippen molar-refractivity contribution in [2.75, 3.05) is 19.8 Å². The Hall–Kier alpha value is -3.00. The lowest BCUT2D eigenvalue weighted by molar-refractivity contribution is 0.0659. The maximum Gasteiger partial charge on any atom is 0.276 e. The number of rotatable bonds is 3. The van der Waals surface area contributed by atoms with Gasteiger partial charge in [-0.15, -0.1) is 10.2 Å². The molecule has 1 atom stereocenters. The number of carbonyl (C=O) groups is 1. The standard InChI is InChI=1S/C21H23N5O3/c1-14-12-25(13-19-22-23-20(26(14)19)16-7-9-28-10-8-16)21(27)17-11-18(29-24-17)15-5-3-2-4-6-15/h2-6,11,14,16H,7-10,12-13H2,1H3/t14-/m0/s1. The molecule has 0 spiro atoms. The molecule has 0 bridgehead atoms. The molecule has 150 valence electrons. The van der Waals surface area contributed by atoms with E-state index in [1.165, 1.54) is 0 Å². The van der Waals surface area contributed by atoms with E-state index in [0.717, 1.165) is 43.3 Å². The van der Waals surface area contributed by atoms with Gasteiger partial charge in [0.2, 0.25) is 0 Å². The average molecular weight is 393 g/mol. The Morgan fingerprint density at radius 2 is 1.93 bits per heavy atom. The number of hydrogen-bond donors (Lipinski definition) is 0. The smallest absolute Gasteiger partial charge is 0.276 e. The van der Waals surface area contributed by atoms with Crippen LogP contribution < -0.4 is 0 Å². The van der Waals surface area contributed by atoms with E-state index >= 15 is 0 Å². The van der Waals surface area contributed by atoms with Crippen molar-refractivity contribution in [1.29, 1.82) is 0 Å². The summed E-state index contributed by atoms with van der Waals surface area (Å²) in [6.45, 7) is 4.65. The van der Waals surface area contributed by atoms with E-state index in [9.17, 15) is 4.79 Å². The average Bonchev–Trinajstić information content (AvgIpc) is 3.42. The first kappa shape index (κ1) is 18.1. The summed E-state index contributed by atoms with van der Waals surface area (Å²) in [5, 5.41) is 12.9. The number of aromatic nitrogens is 4. The van der Waals surface area contributed by atoms with Gasteiger partial charge in [0.1, 0.15) is 5.82 Å². The van der Waals surface area contributed by atoms with Gasteiger partial charge in [-0.3, -0.25) is 4.79 Å². The molecule has 1 amide bonds. The van der Waals surface area contributed by atoms with E-state index in [4.69, 9.17) is 9.26 Å². The van der Waals surface area contributed by atoms with Gasteiger partial charge in [-0.2, -0.15) is 0 Å². The molecule has 1 fully saturated rings. The van der Waals surface area contributed by atoms with Crippen LogP contribution in [0.5, 0.6) is 0 Å². The number of amides is 1. The molecule has 3 aromatic rings. The van der Waals surface area contributed by atoms with Gasteiger partial charge in [0.05, 0.1) is 12.6 Å². The molecule has 1 aromatic carbocycles. The van der Waals surface area contributed by atoms with Crippen LogP contribution >= 0.6 is 0 Å². The van der Waals surface area contributed by atoms with Crippen molar-refractivity contribution in [3.63, 3.8) is 0 Å². The van der Waals surface area contributed by atoms with Crippen LogP contribution in [0.3, 0.4) is 0 Å². The number of carbonyl (C=O) groups excluding carboxylic acids is 1. The lowest BCUT2D eigenvalue weighted by atomic mass is 9.99. The van der Waals surface area contributed by atoms with Crippen LogP contribution in [0, 0.1) is 0 Å². The van der Waals surface area contributed by atoms with E-state index < -0.39 is 0 Å². The van der Waals surface area contributed by atoms with Crippen molar-refractivity contribution in [1.82, 2.24) is 24.8 Å². The molecule has 4 heterocycles. The highest BCUT2D eigenvalue weighted by Crippen LogP contribution is 2.31. The van der Waals surface area contributed by atoms with Crippen LogP contribution in [0.4, 0.5) is 0 Å². The maximum atomic E-state index is 13.0. The molecule has 29 heavy (non-hydrogen) atoms. The Morgan fingerprint density at radius 1 is 1.14 bits per heavy atom. The highest BCUT2D eigenvalue weighted by atomic mass is 16.5. The van der Waals surface area contributed by atoms with Crippen LogP contribution in [0.15, 0.2) is 40.9 Å². The van der Waals surface area contributed by atoms with Gasteiger partial charge in [-0.05, 0) is 19.8 Å². The van der Waals surface area contributed by atoms with Crippen molar-refractivity contribution in [3.8, 4) is 11.3 Å². The maximum absolute atomic E-state index is 13.0. The Kier molecular flexibility index (Phi) is 4.63. The monoisotopic (exact) mass is 393 g/mol. The van der Waals surface area contributed by atoms with E-state index in [1.54, 1.807) is 11.0 Å². The molecular formula is C21H23N5O3. The molecular weight excluding hydrogens is 370 g/mol. The third-order valence-corrected chi connectivity index (χ3v) is 5.71. The second-order valence-electron chi connectivity index (χ2n) is 7.71. The normalized spacial score (nSPS) is 19.9. The minimum absolute atomic E-state index is 0.107. The summed E-state index contributed by atoms with van der Waals surface area (Å²) < 4.78 is 13.1. The fourth-order valence-electron chi connectivity index (χ4n) is 4.23. The first-order chi connectivity index (χ1) is 14.2. The fraction of sp³-hybridized carbons (Fsp3) is 0.429. The SMILES string of the molecule is C[C@H]1CN(C(=O)c2cc(-c3ccccc3)on2)Cc2nnc(C3CCOCC3)n21. The topological polar surface area (TPSA) is 86.3 Å². The van der Waals surface area contributed by atoms with Crippen LogP contribution in [-0.4, -0.2) is 50.5 Å². The summed E-state index contributed by atoms with van der Waals surface area (Å²) >= 11 is 0. The molecule has 2 aliphatic heterocycles. The third kappa shape index (κ3) is 3.33. The number of ether oxygens (including phenoxy) is 1. The Balaban J connectivity index is 1.36. The van der Waals surface area contributed by atoms with Crippen LogP contribution in [0.1, 0.15) is 53.9 Å². The Bertz CT molecular complexity index is 1010. The zero-order valence-electron chi connectivity index (χ0n) is 16.3. The molecule has 0 N–H and O–H groups in total. The number of benzene rings is 1. The van der Waals surface area contributed by atoms with E-state index in [1.807, 2.05) is 30.3 Å². The van der Waals surface area contributed by atoms with E-state index in [-0.39, 0.29) is 11.9 Å². The van der Waals surface area contributed by atoms with Crippen LogP contribution in [0.2, 0.25) is 0 Å². The molecule has 0 unspecified atom stereocenters. The predicted molar refractivity (Wildman–Crippen MR) is 104 cm³/mol. The summed E-state index contributed by atoms with van der Waals surface area (Å²) in [5.74, 6) is 2.66. The molecule has 0 aliphatic carbocycles. The van der Waals surface area contributed by atoms with Gasteiger partial charge < -0.3 is 18.7 Å². The summed E-state index contributed by atoms with van der Waals surface area (Å²) in [6, 6.07) is 11.5. The first-order valence-electron chi connectivity index (χ1n) is 10.0. The minimum atomic E-state index is -0.148. The van der Waals surface area contributed by atoms with Gasteiger partial charge in [-0.1, -0.05) is 35.5 Å². The van der Waals surface area contributed by atoms with Crippen molar-refractivity contribution in [2.24, 2.45) is 0 Å². The summed E-state index contributed by atoms with van der Waals surface area (Å²) in [5.41, 5.74) is 1.21. The van der Waals surface area contributed by atoms with Crippen molar-refractivity contribution < 1.29 is 14.1 Å². The Labute approximate surface area is 168 Å². The minimum Gasteiger partial charge on any atom is -0.381 e. The second-order valence-corrected chi connectivity index (χ2v) is 7.71. The van der Waals surface area contributed by atoms with Gasteiger partial charge in [0.15, 0.2) is 17.3 Å². The highest BCUT2D eigenvalue weighted by Gasteiger charge is 2.33. The number of nitrogens with zero attached hydrogens (tertiary/aromatic N) is 5. The molecule has 1 saturated heterocycles. The summed E-state index contributed by atoms with van der Waals surface area (Å²) in [7, 11) is 0. The quantitative estimate of drug-likeness (QED) is 0.680. The largest absolute Gasteiger partial charge is 0.381 e. The zero-order valence-corrected chi connectivity index (χ0v) is 16.3. The molecule has 0 radical (unpaired) electrons. The lowest BCUT2D eigenvalue weighted by Crippen LogP contribution is -2.41. The van der Waals surface area contributed by atoms with Crippen molar-refractivity contribution in [3.05, 3.63) is 53.7 Å². The zero-order chi connectivity index (χ0) is 19.8. The van der Waals surface area contributed by atoms with E-state index in [2.05, 4.69) is 26.8 Å². The van der Waals surface area contributed by atoms with Crippen molar-refractivity contribution >= 4 is 5.91 Å². The fourth-order valence-corrected chi connectivity index (χ4v) is 4.23. The summed E-state index contributed by atoms with van der Waals surface area (Å²) in [6.07, 6.45) is 1.93.